The van der Waals surface area contributed by atoms with Gasteiger partial charge in [0.2, 0.25) is 6.79 Å². The SMILES string of the molecule is CC1(Cc2cc(Br)c3c(c2)OCO3)CCCN1. The fourth-order valence-electron chi connectivity index (χ4n) is 2.68. The number of ether oxygens (including phenoxy) is 2. The van der Waals surface area contributed by atoms with Crippen LogP contribution in [0.3, 0.4) is 0 Å². The van der Waals surface area contributed by atoms with Crippen LogP contribution in [0.25, 0.3) is 0 Å². The van der Waals surface area contributed by atoms with Gasteiger partial charge in [-0.3, -0.25) is 0 Å². The summed E-state index contributed by atoms with van der Waals surface area (Å²) in [5.74, 6) is 1.69. The van der Waals surface area contributed by atoms with Gasteiger partial charge >= 0.3 is 0 Å². The molecule has 1 N–H and O–H groups in total. The molecule has 3 rings (SSSR count). The molecule has 1 saturated heterocycles. The van der Waals surface area contributed by atoms with Crippen LogP contribution in [0.5, 0.6) is 11.5 Å². The van der Waals surface area contributed by atoms with Crippen molar-refractivity contribution in [3.05, 3.63) is 22.2 Å². The van der Waals surface area contributed by atoms with Crippen molar-refractivity contribution in [2.75, 3.05) is 13.3 Å². The van der Waals surface area contributed by atoms with Crippen LogP contribution in [-0.4, -0.2) is 18.9 Å². The number of benzene rings is 1. The summed E-state index contributed by atoms with van der Waals surface area (Å²) in [6.45, 7) is 3.74. The first-order valence-corrected chi connectivity index (χ1v) is 6.79. The van der Waals surface area contributed by atoms with E-state index < -0.39 is 0 Å². The molecule has 0 amide bonds. The van der Waals surface area contributed by atoms with E-state index in [1.165, 1.54) is 18.4 Å². The summed E-state index contributed by atoms with van der Waals surface area (Å²) >= 11 is 3.54. The number of nitrogens with one attached hydrogen (secondary N) is 1. The molecule has 0 bridgehead atoms. The average Bonchev–Trinajstić information content (AvgIpc) is 2.87. The van der Waals surface area contributed by atoms with E-state index in [-0.39, 0.29) is 5.54 Å². The molecular formula is C13H16BrNO2. The van der Waals surface area contributed by atoms with E-state index in [1.54, 1.807) is 0 Å². The van der Waals surface area contributed by atoms with E-state index in [0.717, 1.165) is 28.9 Å². The lowest BCUT2D eigenvalue weighted by Crippen LogP contribution is -2.38. The van der Waals surface area contributed by atoms with Gasteiger partial charge in [-0.1, -0.05) is 0 Å². The maximum absolute atomic E-state index is 5.44. The third-order valence-electron chi connectivity index (χ3n) is 3.54. The molecule has 0 aromatic heterocycles. The topological polar surface area (TPSA) is 30.5 Å². The second-order valence-corrected chi connectivity index (χ2v) is 5.93. The van der Waals surface area contributed by atoms with Gasteiger partial charge in [-0.15, -0.1) is 0 Å². The molecule has 92 valence electrons. The Kier molecular flexibility index (Phi) is 2.79. The van der Waals surface area contributed by atoms with E-state index in [1.807, 2.05) is 0 Å². The number of hydrogen-bond donors (Lipinski definition) is 1. The highest BCUT2D eigenvalue weighted by molar-refractivity contribution is 9.10. The maximum Gasteiger partial charge on any atom is 0.231 e. The zero-order chi connectivity index (χ0) is 11.9. The Hall–Kier alpha value is -0.740. The van der Waals surface area contributed by atoms with Crippen LogP contribution < -0.4 is 14.8 Å². The first-order valence-electron chi connectivity index (χ1n) is 5.99. The average molecular weight is 298 g/mol. The van der Waals surface area contributed by atoms with Gasteiger partial charge in [0.15, 0.2) is 11.5 Å². The molecule has 2 aliphatic heterocycles. The van der Waals surface area contributed by atoms with Crippen LogP contribution in [0.2, 0.25) is 0 Å². The van der Waals surface area contributed by atoms with E-state index in [4.69, 9.17) is 9.47 Å². The lowest BCUT2D eigenvalue weighted by Gasteiger charge is -2.24. The molecule has 17 heavy (non-hydrogen) atoms. The summed E-state index contributed by atoms with van der Waals surface area (Å²) in [5, 5.41) is 3.58. The van der Waals surface area contributed by atoms with Gasteiger partial charge in [0, 0.05) is 5.54 Å². The fraction of sp³-hybridized carbons (Fsp3) is 0.538. The van der Waals surface area contributed by atoms with Crippen molar-refractivity contribution < 1.29 is 9.47 Å². The minimum absolute atomic E-state index is 0.229. The molecule has 2 heterocycles. The summed E-state index contributed by atoms with van der Waals surface area (Å²) in [6.07, 6.45) is 3.53. The van der Waals surface area contributed by atoms with Crippen molar-refractivity contribution in [2.45, 2.75) is 31.7 Å². The van der Waals surface area contributed by atoms with Crippen LogP contribution >= 0.6 is 15.9 Å². The summed E-state index contributed by atoms with van der Waals surface area (Å²) < 4.78 is 11.8. The Morgan fingerprint density at radius 2 is 2.29 bits per heavy atom. The monoisotopic (exact) mass is 297 g/mol. The Morgan fingerprint density at radius 3 is 3.06 bits per heavy atom. The van der Waals surface area contributed by atoms with Gasteiger partial charge < -0.3 is 14.8 Å². The van der Waals surface area contributed by atoms with Crippen molar-refractivity contribution in [2.24, 2.45) is 0 Å². The highest BCUT2D eigenvalue weighted by Crippen LogP contribution is 2.41. The minimum atomic E-state index is 0.229. The zero-order valence-corrected chi connectivity index (χ0v) is 11.5. The van der Waals surface area contributed by atoms with Gasteiger partial charge in [-0.25, -0.2) is 0 Å². The van der Waals surface area contributed by atoms with E-state index >= 15 is 0 Å². The molecule has 0 saturated carbocycles. The number of hydrogen-bond acceptors (Lipinski definition) is 3. The van der Waals surface area contributed by atoms with Crippen molar-refractivity contribution >= 4 is 15.9 Å². The van der Waals surface area contributed by atoms with Crippen molar-refractivity contribution in [3.8, 4) is 11.5 Å². The third kappa shape index (κ3) is 2.16. The van der Waals surface area contributed by atoms with Crippen LogP contribution in [0.1, 0.15) is 25.3 Å². The Balaban J connectivity index is 1.86. The van der Waals surface area contributed by atoms with Gasteiger partial charge in [-0.05, 0) is 66.4 Å². The molecule has 1 aromatic carbocycles. The smallest absolute Gasteiger partial charge is 0.231 e. The molecular weight excluding hydrogens is 282 g/mol. The van der Waals surface area contributed by atoms with Crippen LogP contribution in [0.4, 0.5) is 0 Å². The molecule has 0 spiro atoms. The highest BCUT2D eigenvalue weighted by atomic mass is 79.9. The van der Waals surface area contributed by atoms with Crippen LogP contribution in [-0.2, 0) is 6.42 Å². The highest BCUT2D eigenvalue weighted by Gasteiger charge is 2.29. The summed E-state index contributed by atoms with van der Waals surface area (Å²) in [6, 6.07) is 4.23. The lowest BCUT2D eigenvalue weighted by atomic mass is 9.91. The Labute approximate surface area is 110 Å². The molecule has 1 atom stereocenters. The van der Waals surface area contributed by atoms with Gasteiger partial charge in [0.05, 0.1) is 4.47 Å². The standard InChI is InChI=1S/C13H16BrNO2/c1-13(3-2-4-15-13)7-9-5-10(14)12-11(6-9)16-8-17-12/h5-6,15H,2-4,7-8H2,1H3. The van der Waals surface area contributed by atoms with Crippen molar-refractivity contribution in [1.29, 1.82) is 0 Å². The van der Waals surface area contributed by atoms with Gasteiger partial charge in [-0.2, -0.15) is 0 Å². The van der Waals surface area contributed by atoms with Gasteiger partial charge in [0.25, 0.3) is 0 Å². The largest absolute Gasteiger partial charge is 0.454 e. The fourth-order valence-corrected chi connectivity index (χ4v) is 3.29. The minimum Gasteiger partial charge on any atom is -0.454 e. The third-order valence-corrected chi connectivity index (χ3v) is 4.13. The molecule has 3 nitrogen and oxygen atoms in total. The Morgan fingerprint density at radius 1 is 1.41 bits per heavy atom. The quantitative estimate of drug-likeness (QED) is 0.910. The first kappa shape index (κ1) is 11.4. The maximum atomic E-state index is 5.44. The molecule has 0 aliphatic carbocycles. The summed E-state index contributed by atoms with van der Waals surface area (Å²) in [4.78, 5) is 0. The van der Waals surface area contributed by atoms with E-state index in [9.17, 15) is 0 Å². The summed E-state index contributed by atoms with van der Waals surface area (Å²) in [7, 11) is 0. The number of halogens is 1. The normalized spacial score (nSPS) is 26.5. The predicted molar refractivity (Wildman–Crippen MR) is 69.6 cm³/mol. The van der Waals surface area contributed by atoms with Gasteiger partial charge in [0.1, 0.15) is 0 Å². The number of fused-ring (bicyclic) bond motifs is 1. The number of rotatable bonds is 2. The van der Waals surface area contributed by atoms with E-state index in [2.05, 4.69) is 40.3 Å². The van der Waals surface area contributed by atoms with Crippen LogP contribution in [0, 0.1) is 0 Å². The predicted octanol–water partition coefficient (Wildman–Crippen LogP) is 2.86. The Bertz CT molecular complexity index is 441. The molecule has 1 fully saturated rings. The second kappa shape index (κ2) is 4.18. The molecule has 1 unspecified atom stereocenters. The first-order chi connectivity index (χ1) is 8.16. The second-order valence-electron chi connectivity index (χ2n) is 5.08. The molecule has 2 aliphatic rings. The van der Waals surface area contributed by atoms with Crippen molar-refractivity contribution in [3.63, 3.8) is 0 Å². The zero-order valence-electron chi connectivity index (χ0n) is 9.88. The van der Waals surface area contributed by atoms with Crippen molar-refractivity contribution in [1.82, 2.24) is 5.32 Å². The molecule has 0 radical (unpaired) electrons. The van der Waals surface area contributed by atoms with Crippen LogP contribution in [0.15, 0.2) is 16.6 Å². The molecule has 4 heteroatoms. The summed E-state index contributed by atoms with van der Waals surface area (Å²) in [5.41, 5.74) is 1.52. The van der Waals surface area contributed by atoms with E-state index in [0.29, 0.717) is 6.79 Å². The lowest BCUT2D eigenvalue weighted by molar-refractivity contribution is 0.173. The molecule has 1 aromatic rings.